The third kappa shape index (κ3) is 2.50. The average Bonchev–Trinajstić information content (AvgIpc) is 2.83. The highest BCUT2D eigenvalue weighted by molar-refractivity contribution is 5.84. The molecule has 21 heavy (non-hydrogen) atoms. The van der Waals surface area contributed by atoms with Crippen LogP contribution >= 0.6 is 0 Å². The second kappa shape index (κ2) is 5.58. The maximum atomic E-state index is 13.6. The highest BCUT2D eigenvalue weighted by atomic mass is 19.1. The van der Waals surface area contributed by atoms with Crippen LogP contribution in [0.15, 0.2) is 48.5 Å². The summed E-state index contributed by atoms with van der Waals surface area (Å²) in [6.07, 6.45) is 0. The lowest BCUT2D eigenvalue weighted by atomic mass is 10.1. The Balaban J connectivity index is 1.91. The number of halogens is 1. The highest BCUT2D eigenvalue weighted by Gasteiger charge is 2.10. The van der Waals surface area contributed by atoms with Gasteiger partial charge in [0.1, 0.15) is 6.61 Å². The first-order chi connectivity index (χ1) is 10.2. The Labute approximate surface area is 122 Å². The minimum atomic E-state index is -0.348. The first-order valence-electron chi connectivity index (χ1n) is 6.84. The lowest BCUT2D eigenvalue weighted by molar-refractivity contribution is 0.283. The van der Waals surface area contributed by atoms with Gasteiger partial charge in [0.25, 0.3) is 0 Å². The molecule has 2 N–H and O–H groups in total. The molecule has 0 saturated heterocycles. The topological polar surface area (TPSA) is 40.2 Å². The molecular formula is C17H17FN2O. The van der Waals surface area contributed by atoms with E-state index in [2.05, 4.69) is 10.6 Å². The molecule has 0 aliphatic rings. The van der Waals surface area contributed by atoms with Crippen molar-refractivity contribution in [2.24, 2.45) is 12.8 Å². The Hall–Kier alpha value is -2.33. The van der Waals surface area contributed by atoms with Crippen LogP contribution in [0, 0.1) is 5.82 Å². The second-order valence-electron chi connectivity index (χ2n) is 4.97. The third-order valence-electron chi connectivity index (χ3n) is 3.71. The largest absolute Gasteiger partial charge is 0.484 e. The Morgan fingerprint density at radius 1 is 1.14 bits per heavy atom. The summed E-state index contributed by atoms with van der Waals surface area (Å²) < 4.78 is 21.2. The molecule has 0 aliphatic heterocycles. The highest BCUT2D eigenvalue weighted by Crippen LogP contribution is 2.24. The number of nitrogens with two attached hydrogens (primary N) is 1. The van der Waals surface area contributed by atoms with Gasteiger partial charge in [0.15, 0.2) is 11.6 Å². The predicted octanol–water partition coefficient (Wildman–Crippen LogP) is 3.36. The van der Waals surface area contributed by atoms with Gasteiger partial charge < -0.3 is 15.0 Å². The summed E-state index contributed by atoms with van der Waals surface area (Å²) in [5.41, 5.74) is 8.95. The zero-order valence-corrected chi connectivity index (χ0v) is 11.8. The van der Waals surface area contributed by atoms with Gasteiger partial charge in [-0.05, 0) is 29.8 Å². The van der Waals surface area contributed by atoms with E-state index in [-0.39, 0.29) is 11.6 Å². The molecule has 0 saturated carbocycles. The number of aryl methyl sites for hydroxylation is 1. The Kier molecular flexibility index (Phi) is 3.62. The minimum Gasteiger partial charge on any atom is -0.484 e. The fraction of sp³-hybridized carbons (Fsp3) is 0.176. The second-order valence-corrected chi connectivity index (χ2v) is 4.97. The van der Waals surface area contributed by atoms with Crippen LogP contribution in [-0.4, -0.2) is 4.57 Å². The molecule has 3 aromatic rings. The van der Waals surface area contributed by atoms with Crippen molar-refractivity contribution in [2.45, 2.75) is 13.2 Å². The van der Waals surface area contributed by atoms with Gasteiger partial charge in [-0.1, -0.05) is 24.3 Å². The van der Waals surface area contributed by atoms with Crippen LogP contribution < -0.4 is 10.5 Å². The first kappa shape index (κ1) is 13.6. The van der Waals surface area contributed by atoms with Gasteiger partial charge in [0, 0.05) is 24.5 Å². The number of ether oxygens (including phenoxy) is 1. The van der Waals surface area contributed by atoms with Gasteiger partial charge in [0.05, 0.1) is 5.69 Å². The van der Waals surface area contributed by atoms with Crippen LogP contribution in [0.3, 0.4) is 0 Å². The standard InChI is InChI=1S/C17H17FN2O/c1-20-13(11-21-17-8-3-2-6-15(17)18)9-14-12(10-19)5-4-7-16(14)20/h2-9H,10-11,19H2,1H3. The molecule has 3 rings (SSSR count). The molecule has 108 valence electrons. The molecule has 4 heteroatoms. The van der Waals surface area contributed by atoms with E-state index < -0.39 is 0 Å². The first-order valence-corrected chi connectivity index (χ1v) is 6.84. The summed E-state index contributed by atoms with van der Waals surface area (Å²) in [6.45, 7) is 0.811. The number of nitrogens with zero attached hydrogens (tertiary/aromatic N) is 1. The van der Waals surface area contributed by atoms with E-state index in [0.717, 1.165) is 22.2 Å². The van der Waals surface area contributed by atoms with Gasteiger partial charge in [-0.15, -0.1) is 0 Å². The Bertz CT molecular complexity index is 780. The third-order valence-corrected chi connectivity index (χ3v) is 3.71. The molecule has 0 atom stereocenters. The fourth-order valence-electron chi connectivity index (χ4n) is 2.51. The molecule has 0 aliphatic carbocycles. The number of fused-ring (bicyclic) bond motifs is 1. The van der Waals surface area contributed by atoms with Crippen LogP contribution in [0.5, 0.6) is 5.75 Å². The van der Waals surface area contributed by atoms with E-state index in [0.29, 0.717) is 13.2 Å². The Morgan fingerprint density at radius 3 is 2.71 bits per heavy atom. The number of hydrogen-bond donors (Lipinski definition) is 1. The van der Waals surface area contributed by atoms with Gasteiger partial charge >= 0.3 is 0 Å². The van der Waals surface area contributed by atoms with Crippen molar-refractivity contribution in [3.05, 3.63) is 65.6 Å². The van der Waals surface area contributed by atoms with Crippen molar-refractivity contribution in [3.8, 4) is 5.75 Å². The lowest BCUT2D eigenvalue weighted by Crippen LogP contribution is -2.02. The van der Waals surface area contributed by atoms with E-state index in [1.54, 1.807) is 18.2 Å². The van der Waals surface area contributed by atoms with E-state index in [9.17, 15) is 4.39 Å². The molecule has 0 bridgehead atoms. The van der Waals surface area contributed by atoms with Crippen molar-refractivity contribution >= 4 is 10.9 Å². The van der Waals surface area contributed by atoms with Crippen LogP contribution in [0.25, 0.3) is 10.9 Å². The number of hydrogen-bond acceptors (Lipinski definition) is 2. The van der Waals surface area contributed by atoms with Crippen molar-refractivity contribution in [1.82, 2.24) is 4.57 Å². The summed E-state index contributed by atoms with van der Waals surface area (Å²) in [6, 6.07) is 14.5. The van der Waals surface area contributed by atoms with E-state index in [4.69, 9.17) is 10.5 Å². The summed E-state index contributed by atoms with van der Waals surface area (Å²) >= 11 is 0. The monoisotopic (exact) mass is 284 g/mol. The lowest BCUT2D eigenvalue weighted by Gasteiger charge is -2.08. The van der Waals surface area contributed by atoms with Gasteiger partial charge in [-0.25, -0.2) is 4.39 Å². The van der Waals surface area contributed by atoms with Crippen molar-refractivity contribution in [1.29, 1.82) is 0 Å². The fourth-order valence-corrected chi connectivity index (χ4v) is 2.51. The van der Waals surface area contributed by atoms with Gasteiger partial charge in [-0.3, -0.25) is 0 Å². The number of para-hydroxylation sites is 1. The van der Waals surface area contributed by atoms with E-state index in [1.807, 2.05) is 25.2 Å². The van der Waals surface area contributed by atoms with Crippen LogP contribution in [0.2, 0.25) is 0 Å². The van der Waals surface area contributed by atoms with Crippen LogP contribution in [0.4, 0.5) is 4.39 Å². The molecule has 3 nitrogen and oxygen atoms in total. The van der Waals surface area contributed by atoms with Gasteiger partial charge in [0.2, 0.25) is 0 Å². The smallest absolute Gasteiger partial charge is 0.165 e. The van der Waals surface area contributed by atoms with Gasteiger partial charge in [-0.2, -0.15) is 0 Å². The molecule has 1 aromatic heterocycles. The summed E-state index contributed by atoms with van der Waals surface area (Å²) in [4.78, 5) is 0. The zero-order valence-electron chi connectivity index (χ0n) is 11.8. The van der Waals surface area contributed by atoms with E-state index in [1.165, 1.54) is 6.07 Å². The average molecular weight is 284 g/mol. The molecular weight excluding hydrogens is 267 g/mol. The molecule has 0 amide bonds. The maximum absolute atomic E-state index is 13.6. The molecule has 0 spiro atoms. The molecule has 0 radical (unpaired) electrons. The van der Waals surface area contributed by atoms with Crippen LogP contribution in [-0.2, 0) is 20.2 Å². The predicted molar refractivity (Wildman–Crippen MR) is 81.5 cm³/mol. The van der Waals surface area contributed by atoms with E-state index >= 15 is 0 Å². The number of aromatic nitrogens is 1. The zero-order chi connectivity index (χ0) is 14.8. The SMILES string of the molecule is Cn1c(COc2ccccc2F)cc2c(CN)cccc21. The summed E-state index contributed by atoms with van der Waals surface area (Å²) in [5, 5.41) is 1.12. The summed E-state index contributed by atoms with van der Waals surface area (Å²) in [7, 11) is 1.97. The number of rotatable bonds is 4. The van der Waals surface area contributed by atoms with Crippen LogP contribution in [0.1, 0.15) is 11.3 Å². The molecule has 0 unspecified atom stereocenters. The minimum absolute atomic E-state index is 0.266. The Morgan fingerprint density at radius 2 is 1.95 bits per heavy atom. The normalized spacial score (nSPS) is 11.0. The van der Waals surface area contributed by atoms with Crippen molar-refractivity contribution in [3.63, 3.8) is 0 Å². The maximum Gasteiger partial charge on any atom is 0.165 e. The quantitative estimate of drug-likeness (QED) is 0.798. The van der Waals surface area contributed by atoms with Crippen molar-refractivity contribution < 1.29 is 9.13 Å². The van der Waals surface area contributed by atoms with Crippen molar-refractivity contribution in [2.75, 3.05) is 0 Å². The molecule has 2 aromatic carbocycles. The number of benzene rings is 2. The molecule has 1 heterocycles. The molecule has 0 fully saturated rings. The summed E-state index contributed by atoms with van der Waals surface area (Å²) in [5.74, 6) is -0.0827.